The maximum absolute atomic E-state index is 13.1. The van der Waals surface area contributed by atoms with Crippen molar-refractivity contribution in [1.82, 2.24) is 10.0 Å². The number of hydrogen-bond acceptors (Lipinski definition) is 7. The number of carbonyl (C=O) groups excluding carboxylic acids is 2. The predicted octanol–water partition coefficient (Wildman–Crippen LogP) is 6.46. The van der Waals surface area contributed by atoms with Crippen LogP contribution in [0.1, 0.15) is 56.1 Å². The summed E-state index contributed by atoms with van der Waals surface area (Å²) in [6.45, 7) is 9.53. The third-order valence-electron chi connectivity index (χ3n) is 7.76. The van der Waals surface area contributed by atoms with Crippen molar-refractivity contribution >= 4 is 22.0 Å². The van der Waals surface area contributed by atoms with Gasteiger partial charge in [0.1, 0.15) is 11.4 Å². The van der Waals surface area contributed by atoms with E-state index in [2.05, 4.69) is 10.0 Å². The monoisotopic (exact) mass is 658 g/mol. The van der Waals surface area contributed by atoms with Crippen LogP contribution in [0.15, 0.2) is 108 Å². The van der Waals surface area contributed by atoms with Gasteiger partial charge in [-0.2, -0.15) is 0 Å². The molecule has 0 bridgehead atoms. The molecule has 0 radical (unpaired) electrons. The number of nitrogens with one attached hydrogen (secondary N) is 2. The molecule has 0 fully saturated rings. The first-order valence-electron chi connectivity index (χ1n) is 15.4. The van der Waals surface area contributed by atoms with Crippen molar-refractivity contribution in [2.75, 3.05) is 13.2 Å². The predicted molar refractivity (Wildman–Crippen MR) is 182 cm³/mol. The van der Waals surface area contributed by atoms with E-state index in [1.165, 1.54) is 12.1 Å². The van der Waals surface area contributed by atoms with E-state index in [1.807, 2.05) is 89.2 Å². The molecule has 0 aromatic heterocycles. The van der Waals surface area contributed by atoms with Gasteiger partial charge in [-0.1, -0.05) is 99.6 Å². The van der Waals surface area contributed by atoms with E-state index >= 15 is 0 Å². The fourth-order valence-electron chi connectivity index (χ4n) is 4.97. The molecule has 0 unspecified atom stereocenters. The molecule has 0 aliphatic heterocycles. The maximum Gasteiger partial charge on any atom is 0.407 e. The number of aliphatic hydroxyl groups is 1. The highest BCUT2D eigenvalue weighted by molar-refractivity contribution is 7.90. The van der Waals surface area contributed by atoms with Gasteiger partial charge in [0.05, 0.1) is 29.7 Å². The smallest absolute Gasteiger partial charge is 0.407 e. The van der Waals surface area contributed by atoms with Crippen LogP contribution in [-0.2, 0) is 26.8 Å². The van der Waals surface area contributed by atoms with Crippen LogP contribution < -0.4 is 14.8 Å². The van der Waals surface area contributed by atoms with Crippen molar-refractivity contribution in [3.63, 3.8) is 0 Å². The molecule has 2 amide bonds. The van der Waals surface area contributed by atoms with E-state index in [1.54, 1.807) is 36.4 Å². The summed E-state index contributed by atoms with van der Waals surface area (Å²) in [7, 11) is -4.06. The van der Waals surface area contributed by atoms with E-state index < -0.39 is 33.0 Å². The van der Waals surface area contributed by atoms with Gasteiger partial charge in [-0.05, 0) is 65.8 Å². The quantitative estimate of drug-likeness (QED) is 0.159. The lowest BCUT2D eigenvalue weighted by Gasteiger charge is -2.40. The molecular weight excluding hydrogens is 616 g/mol. The summed E-state index contributed by atoms with van der Waals surface area (Å²) in [6, 6.07) is 29.6. The Hall–Kier alpha value is -4.67. The van der Waals surface area contributed by atoms with Crippen LogP contribution in [0.25, 0.3) is 11.1 Å². The minimum atomic E-state index is -4.06. The molecule has 0 saturated heterocycles. The van der Waals surface area contributed by atoms with Crippen molar-refractivity contribution in [2.45, 2.75) is 57.6 Å². The second-order valence-electron chi connectivity index (χ2n) is 12.5. The zero-order valence-corrected chi connectivity index (χ0v) is 28.1. The number of ether oxygens (including phenoxy) is 2. The second kappa shape index (κ2) is 14.8. The van der Waals surface area contributed by atoms with Gasteiger partial charge < -0.3 is 19.9 Å². The first-order valence-corrected chi connectivity index (χ1v) is 16.9. The SMILES string of the molecule is CC(C)Oc1cc(-c2ccc(CCOC(=O)NC[C@](O)(c3ccccc3)C(C)(C)C)cc2)ccc1C(=O)NS(=O)(=O)c1ccccc1. The molecule has 0 heterocycles. The van der Waals surface area contributed by atoms with Crippen LogP contribution in [0, 0.1) is 5.41 Å². The Bertz CT molecular complexity index is 1770. The summed E-state index contributed by atoms with van der Waals surface area (Å²) in [5.74, 6) is -0.536. The van der Waals surface area contributed by atoms with E-state index in [0.717, 1.165) is 16.7 Å². The number of sulfonamides is 1. The highest BCUT2D eigenvalue weighted by Gasteiger charge is 2.42. The van der Waals surface area contributed by atoms with E-state index in [9.17, 15) is 23.1 Å². The molecule has 0 aliphatic rings. The lowest BCUT2D eigenvalue weighted by molar-refractivity contribution is -0.0617. The first-order chi connectivity index (χ1) is 22.2. The van der Waals surface area contributed by atoms with Gasteiger partial charge in [0.25, 0.3) is 15.9 Å². The summed E-state index contributed by atoms with van der Waals surface area (Å²) in [6.07, 6.45) is -0.395. The molecule has 9 nitrogen and oxygen atoms in total. The van der Waals surface area contributed by atoms with E-state index in [-0.39, 0.29) is 35.5 Å². The average Bonchev–Trinajstić information content (AvgIpc) is 3.03. The minimum absolute atomic E-state index is 0.000155. The summed E-state index contributed by atoms with van der Waals surface area (Å²) in [4.78, 5) is 25.5. The first kappa shape index (κ1) is 35.2. The molecule has 0 saturated carbocycles. The summed E-state index contributed by atoms with van der Waals surface area (Å²) < 4.78 is 38.9. The standard InChI is InChI=1S/C37H42N2O7S/c1-26(2)46-33-24-29(20-21-32(33)34(40)39-47(43,44)31-14-10-7-11-15-31)28-18-16-27(17-19-28)22-23-45-35(41)38-25-37(42,36(3,4)5)30-12-8-6-9-13-30/h6-21,24,26,42H,22-23,25H2,1-5H3,(H,38,41)(H,39,40)/t37-/m0/s1. The Morgan fingerprint density at radius 1 is 0.830 bits per heavy atom. The third-order valence-corrected chi connectivity index (χ3v) is 9.11. The number of hydrogen-bond donors (Lipinski definition) is 3. The number of amides is 2. The number of rotatable bonds is 12. The second-order valence-corrected chi connectivity index (χ2v) is 14.2. The largest absolute Gasteiger partial charge is 0.490 e. The van der Waals surface area contributed by atoms with Crippen LogP contribution in [0.2, 0.25) is 0 Å². The van der Waals surface area contributed by atoms with E-state index in [4.69, 9.17) is 9.47 Å². The molecule has 0 spiro atoms. The van der Waals surface area contributed by atoms with Gasteiger partial charge in [0.15, 0.2) is 0 Å². The Labute approximate surface area is 277 Å². The van der Waals surface area contributed by atoms with Crippen molar-refractivity contribution in [1.29, 1.82) is 0 Å². The average molecular weight is 659 g/mol. The lowest BCUT2D eigenvalue weighted by Crippen LogP contribution is -2.49. The van der Waals surface area contributed by atoms with Crippen LogP contribution in [0.4, 0.5) is 4.79 Å². The topological polar surface area (TPSA) is 131 Å². The fourth-order valence-corrected chi connectivity index (χ4v) is 5.95. The molecule has 248 valence electrons. The van der Waals surface area contributed by atoms with Gasteiger partial charge in [-0.3, -0.25) is 4.79 Å². The third kappa shape index (κ3) is 8.99. The van der Waals surface area contributed by atoms with Crippen molar-refractivity contribution in [2.24, 2.45) is 5.41 Å². The lowest BCUT2D eigenvalue weighted by atomic mass is 9.72. The Morgan fingerprint density at radius 3 is 2.02 bits per heavy atom. The van der Waals surface area contributed by atoms with Crippen LogP contribution >= 0.6 is 0 Å². The molecule has 3 N–H and O–H groups in total. The van der Waals surface area contributed by atoms with Crippen LogP contribution in [0.5, 0.6) is 5.75 Å². The molecule has 4 aromatic carbocycles. The maximum atomic E-state index is 13.1. The van der Waals surface area contributed by atoms with Crippen molar-refractivity contribution in [3.05, 3.63) is 120 Å². The molecular formula is C37H42N2O7S. The zero-order chi connectivity index (χ0) is 34.2. The van der Waals surface area contributed by atoms with Gasteiger partial charge in [-0.15, -0.1) is 0 Å². The molecule has 47 heavy (non-hydrogen) atoms. The van der Waals surface area contributed by atoms with Crippen LogP contribution in [-0.4, -0.2) is 44.8 Å². The summed E-state index contributed by atoms with van der Waals surface area (Å²) in [5, 5.41) is 14.2. The normalized spacial score (nSPS) is 13.0. The van der Waals surface area contributed by atoms with Gasteiger partial charge >= 0.3 is 6.09 Å². The van der Waals surface area contributed by atoms with Gasteiger partial charge in [-0.25, -0.2) is 17.9 Å². The van der Waals surface area contributed by atoms with Crippen molar-refractivity contribution in [3.8, 4) is 16.9 Å². The highest BCUT2D eigenvalue weighted by Crippen LogP contribution is 2.38. The van der Waals surface area contributed by atoms with Gasteiger partial charge in [0.2, 0.25) is 0 Å². The molecule has 4 rings (SSSR count). The molecule has 4 aromatic rings. The summed E-state index contributed by atoms with van der Waals surface area (Å²) in [5.41, 5.74) is 1.55. The summed E-state index contributed by atoms with van der Waals surface area (Å²) >= 11 is 0. The van der Waals surface area contributed by atoms with E-state index in [0.29, 0.717) is 12.0 Å². The Kier molecular flexibility index (Phi) is 11.1. The zero-order valence-electron chi connectivity index (χ0n) is 27.3. The number of carbonyl (C=O) groups is 2. The molecule has 10 heteroatoms. The molecule has 1 atom stereocenters. The highest BCUT2D eigenvalue weighted by atomic mass is 32.2. The number of alkyl carbamates (subject to hydrolysis) is 1. The minimum Gasteiger partial charge on any atom is -0.490 e. The molecule has 0 aliphatic carbocycles. The number of benzene rings is 4. The van der Waals surface area contributed by atoms with Crippen molar-refractivity contribution < 1.29 is 32.6 Å². The van der Waals surface area contributed by atoms with Gasteiger partial charge in [0, 0.05) is 6.42 Å². The Morgan fingerprint density at radius 2 is 1.43 bits per heavy atom. The Balaban J connectivity index is 1.37. The fraction of sp³-hybridized carbons (Fsp3) is 0.297. The van der Waals surface area contributed by atoms with Crippen LogP contribution in [0.3, 0.4) is 0 Å².